The minimum Gasteiger partial charge on any atom is -0.467 e. The third-order valence-electron chi connectivity index (χ3n) is 4.86. The molecule has 3 aromatic rings. The van der Waals surface area contributed by atoms with Gasteiger partial charge in [0.05, 0.1) is 30.6 Å². The monoisotopic (exact) mass is 461 g/mol. The topological polar surface area (TPSA) is 51.3 Å². The zero-order chi connectivity index (χ0) is 18.1. The predicted molar refractivity (Wildman–Crippen MR) is 107 cm³/mol. The van der Waals surface area contributed by atoms with Gasteiger partial charge in [0.15, 0.2) is 0 Å². The molecule has 134 valence electrons. The van der Waals surface area contributed by atoms with Gasteiger partial charge < -0.3 is 9.32 Å². The molecule has 1 aliphatic rings. The Kier molecular flexibility index (Phi) is 4.84. The van der Waals surface area contributed by atoms with Crippen molar-refractivity contribution in [1.82, 2.24) is 14.7 Å². The molecular formula is C20H20IN3O2. The van der Waals surface area contributed by atoms with Crippen LogP contribution in [0.1, 0.15) is 39.5 Å². The van der Waals surface area contributed by atoms with E-state index in [9.17, 15) is 4.79 Å². The highest BCUT2D eigenvalue weighted by atomic mass is 127. The van der Waals surface area contributed by atoms with Crippen LogP contribution in [0.2, 0.25) is 0 Å². The van der Waals surface area contributed by atoms with Crippen LogP contribution in [0.3, 0.4) is 0 Å². The maximum atomic E-state index is 13.2. The maximum absolute atomic E-state index is 13.2. The fourth-order valence-corrected chi connectivity index (χ4v) is 4.22. The van der Waals surface area contributed by atoms with Crippen molar-refractivity contribution in [3.8, 4) is 0 Å². The number of rotatable bonds is 5. The summed E-state index contributed by atoms with van der Waals surface area (Å²) in [6, 6.07) is 11.4. The second-order valence-corrected chi connectivity index (χ2v) is 7.73. The zero-order valence-electron chi connectivity index (χ0n) is 14.6. The molecule has 0 fully saturated rings. The standard InChI is InChI=1S/C20H20IN3O2/c1-23-19-10-4-8-16(19)18(22-23)13-24(12-14-6-5-11-26-14)20(25)15-7-2-3-9-17(15)21/h2-3,5-7,9,11H,4,8,10,12-13H2,1H3. The quantitative estimate of drug-likeness (QED) is 0.541. The number of benzene rings is 1. The molecule has 6 heteroatoms. The largest absolute Gasteiger partial charge is 0.467 e. The number of furan rings is 1. The van der Waals surface area contributed by atoms with Crippen LogP contribution in [0.5, 0.6) is 0 Å². The highest BCUT2D eigenvalue weighted by Gasteiger charge is 2.25. The number of aryl methyl sites for hydroxylation is 1. The zero-order valence-corrected chi connectivity index (χ0v) is 16.8. The molecule has 0 aliphatic heterocycles. The average Bonchev–Trinajstić information content (AvgIpc) is 3.35. The van der Waals surface area contributed by atoms with Gasteiger partial charge in [-0.15, -0.1) is 0 Å². The lowest BCUT2D eigenvalue weighted by molar-refractivity contribution is 0.0713. The van der Waals surface area contributed by atoms with E-state index in [2.05, 4.69) is 22.6 Å². The second kappa shape index (κ2) is 7.26. The third-order valence-corrected chi connectivity index (χ3v) is 5.80. The lowest BCUT2D eigenvalue weighted by Crippen LogP contribution is -2.31. The molecule has 5 nitrogen and oxygen atoms in total. The Morgan fingerprint density at radius 2 is 2.08 bits per heavy atom. The summed E-state index contributed by atoms with van der Waals surface area (Å²) in [5.41, 5.74) is 4.34. The first-order chi connectivity index (χ1) is 12.6. The van der Waals surface area contributed by atoms with E-state index in [-0.39, 0.29) is 5.91 Å². The van der Waals surface area contributed by atoms with Crippen LogP contribution in [-0.4, -0.2) is 20.6 Å². The summed E-state index contributed by atoms with van der Waals surface area (Å²) in [6.45, 7) is 0.926. The van der Waals surface area contributed by atoms with E-state index in [1.807, 2.05) is 53.0 Å². The van der Waals surface area contributed by atoms with E-state index < -0.39 is 0 Å². The fourth-order valence-electron chi connectivity index (χ4n) is 3.60. The van der Waals surface area contributed by atoms with Crippen LogP contribution in [0.25, 0.3) is 0 Å². The highest BCUT2D eigenvalue weighted by molar-refractivity contribution is 14.1. The summed E-state index contributed by atoms with van der Waals surface area (Å²) < 4.78 is 8.42. The number of halogens is 1. The average molecular weight is 461 g/mol. The molecule has 0 N–H and O–H groups in total. The molecule has 1 aliphatic carbocycles. The Morgan fingerprint density at radius 3 is 2.85 bits per heavy atom. The van der Waals surface area contributed by atoms with Crippen LogP contribution >= 0.6 is 22.6 Å². The van der Waals surface area contributed by atoms with E-state index in [0.29, 0.717) is 18.7 Å². The van der Waals surface area contributed by atoms with Crippen LogP contribution in [0.15, 0.2) is 47.1 Å². The van der Waals surface area contributed by atoms with Crippen molar-refractivity contribution in [2.75, 3.05) is 0 Å². The van der Waals surface area contributed by atoms with Crippen molar-refractivity contribution >= 4 is 28.5 Å². The minimum atomic E-state index is 0.00352. The first kappa shape index (κ1) is 17.3. The number of amides is 1. The van der Waals surface area contributed by atoms with Gasteiger partial charge in [-0.2, -0.15) is 5.10 Å². The number of nitrogens with zero attached hydrogens (tertiary/aromatic N) is 3. The SMILES string of the molecule is Cn1nc(CN(Cc2ccco2)C(=O)c2ccccc2I)c2c1CCC2. The summed E-state index contributed by atoms with van der Waals surface area (Å²) in [7, 11) is 1.99. The molecule has 0 radical (unpaired) electrons. The molecule has 0 atom stereocenters. The molecule has 0 spiro atoms. The lowest BCUT2D eigenvalue weighted by Gasteiger charge is -2.22. The third kappa shape index (κ3) is 3.30. The summed E-state index contributed by atoms with van der Waals surface area (Å²) >= 11 is 2.21. The number of hydrogen-bond acceptors (Lipinski definition) is 3. The molecular weight excluding hydrogens is 441 g/mol. The van der Waals surface area contributed by atoms with Gasteiger partial charge in [0.2, 0.25) is 0 Å². The van der Waals surface area contributed by atoms with E-state index in [4.69, 9.17) is 9.52 Å². The molecule has 2 heterocycles. The Morgan fingerprint density at radius 1 is 1.23 bits per heavy atom. The van der Waals surface area contributed by atoms with Crippen LogP contribution in [-0.2, 0) is 33.0 Å². The number of carbonyl (C=O) groups is 1. The molecule has 26 heavy (non-hydrogen) atoms. The molecule has 0 unspecified atom stereocenters. The molecule has 2 aromatic heterocycles. The van der Waals surface area contributed by atoms with Gasteiger partial charge in [-0.05, 0) is 71.7 Å². The number of fused-ring (bicyclic) bond motifs is 1. The molecule has 0 saturated carbocycles. The normalized spacial score (nSPS) is 13.0. The first-order valence-corrected chi connectivity index (χ1v) is 9.81. The van der Waals surface area contributed by atoms with Crippen molar-refractivity contribution in [2.45, 2.75) is 32.4 Å². The van der Waals surface area contributed by atoms with Crippen molar-refractivity contribution in [1.29, 1.82) is 0 Å². The van der Waals surface area contributed by atoms with Gasteiger partial charge in [0.1, 0.15) is 5.76 Å². The molecule has 1 aromatic carbocycles. The maximum Gasteiger partial charge on any atom is 0.255 e. The second-order valence-electron chi connectivity index (χ2n) is 6.57. The van der Waals surface area contributed by atoms with Gasteiger partial charge in [-0.1, -0.05) is 12.1 Å². The highest BCUT2D eigenvalue weighted by Crippen LogP contribution is 2.27. The summed E-state index contributed by atoms with van der Waals surface area (Å²) in [5.74, 6) is 0.778. The van der Waals surface area contributed by atoms with E-state index in [0.717, 1.165) is 34.3 Å². The minimum absolute atomic E-state index is 0.00352. The first-order valence-electron chi connectivity index (χ1n) is 8.73. The lowest BCUT2D eigenvalue weighted by atomic mass is 10.1. The summed E-state index contributed by atoms with van der Waals surface area (Å²) in [6.07, 6.45) is 4.92. The summed E-state index contributed by atoms with van der Waals surface area (Å²) in [4.78, 5) is 15.1. The van der Waals surface area contributed by atoms with Gasteiger partial charge >= 0.3 is 0 Å². The van der Waals surface area contributed by atoms with Crippen molar-refractivity contribution in [2.24, 2.45) is 7.05 Å². The fraction of sp³-hybridized carbons (Fsp3) is 0.300. The van der Waals surface area contributed by atoms with Crippen molar-refractivity contribution in [3.05, 3.63) is 74.5 Å². The van der Waals surface area contributed by atoms with Crippen molar-refractivity contribution < 1.29 is 9.21 Å². The summed E-state index contributed by atoms with van der Waals surface area (Å²) in [5, 5.41) is 4.69. The Labute approximate surface area is 166 Å². The van der Waals surface area contributed by atoms with Crippen LogP contribution in [0.4, 0.5) is 0 Å². The van der Waals surface area contributed by atoms with Gasteiger partial charge in [-0.3, -0.25) is 9.48 Å². The Balaban J connectivity index is 1.66. The van der Waals surface area contributed by atoms with Gasteiger partial charge in [-0.25, -0.2) is 0 Å². The smallest absolute Gasteiger partial charge is 0.255 e. The van der Waals surface area contributed by atoms with Gasteiger partial charge in [0, 0.05) is 16.3 Å². The van der Waals surface area contributed by atoms with Crippen LogP contribution < -0.4 is 0 Å². The number of carbonyl (C=O) groups excluding carboxylic acids is 1. The Hall–Kier alpha value is -2.09. The molecule has 0 saturated heterocycles. The Bertz CT molecular complexity index is 931. The van der Waals surface area contributed by atoms with E-state index in [1.54, 1.807) is 6.26 Å². The van der Waals surface area contributed by atoms with Crippen LogP contribution in [0, 0.1) is 3.57 Å². The van der Waals surface area contributed by atoms with Crippen molar-refractivity contribution in [3.63, 3.8) is 0 Å². The van der Waals surface area contributed by atoms with Gasteiger partial charge in [0.25, 0.3) is 5.91 Å². The number of hydrogen-bond donors (Lipinski definition) is 0. The molecule has 1 amide bonds. The van der Waals surface area contributed by atoms with E-state index in [1.165, 1.54) is 11.3 Å². The number of aromatic nitrogens is 2. The predicted octanol–water partition coefficient (Wildman–Crippen LogP) is 3.95. The van der Waals surface area contributed by atoms with E-state index >= 15 is 0 Å². The molecule has 4 rings (SSSR count). The molecule has 0 bridgehead atoms.